The standard InChI is InChI=1S/C13H14BrNO3/c1-8(2)18-10-5-9(6-15-7-10)12(16)11-3-4-17-13(11)14/h3-8,12,16H,1-2H3. The molecule has 2 aromatic heterocycles. The van der Waals surface area contributed by atoms with E-state index in [1.165, 1.54) is 6.26 Å². The quantitative estimate of drug-likeness (QED) is 0.941. The fraction of sp³-hybridized carbons (Fsp3) is 0.308. The predicted octanol–water partition coefficient (Wildman–Crippen LogP) is 3.31. The van der Waals surface area contributed by atoms with Crippen molar-refractivity contribution < 1.29 is 14.3 Å². The van der Waals surface area contributed by atoms with E-state index >= 15 is 0 Å². The number of furan rings is 1. The van der Waals surface area contributed by atoms with Gasteiger partial charge < -0.3 is 14.3 Å². The molecule has 0 radical (unpaired) electrons. The van der Waals surface area contributed by atoms with Crippen molar-refractivity contribution in [1.29, 1.82) is 0 Å². The molecule has 0 aliphatic rings. The second-order valence-electron chi connectivity index (χ2n) is 4.17. The summed E-state index contributed by atoms with van der Waals surface area (Å²) >= 11 is 3.24. The van der Waals surface area contributed by atoms with Crippen molar-refractivity contribution in [3.63, 3.8) is 0 Å². The molecular formula is C13H14BrNO3. The first-order valence-corrected chi connectivity index (χ1v) is 6.39. The molecule has 4 nitrogen and oxygen atoms in total. The average molecular weight is 312 g/mol. The largest absolute Gasteiger partial charge is 0.489 e. The molecule has 0 bridgehead atoms. The van der Waals surface area contributed by atoms with Crippen molar-refractivity contribution in [1.82, 2.24) is 4.98 Å². The van der Waals surface area contributed by atoms with Gasteiger partial charge in [0.1, 0.15) is 11.9 Å². The molecule has 1 N–H and O–H groups in total. The Hall–Kier alpha value is -1.33. The Kier molecular flexibility index (Phi) is 4.04. The van der Waals surface area contributed by atoms with Crippen LogP contribution in [0.25, 0.3) is 0 Å². The minimum Gasteiger partial charge on any atom is -0.489 e. The van der Waals surface area contributed by atoms with E-state index in [-0.39, 0.29) is 6.10 Å². The van der Waals surface area contributed by atoms with Crippen molar-refractivity contribution in [3.8, 4) is 5.75 Å². The number of aliphatic hydroxyl groups is 1. The fourth-order valence-corrected chi connectivity index (χ4v) is 2.06. The Bertz CT molecular complexity index is 524. The highest BCUT2D eigenvalue weighted by atomic mass is 79.9. The first-order chi connectivity index (χ1) is 8.58. The molecule has 0 spiro atoms. The summed E-state index contributed by atoms with van der Waals surface area (Å²) in [4.78, 5) is 4.07. The number of aromatic nitrogens is 1. The van der Waals surface area contributed by atoms with Gasteiger partial charge in [-0.1, -0.05) is 0 Å². The molecule has 2 heterocycles. The summed E-state index contributed by atoms with van der Waals surface area (Å²) in [6, 6.07) is 3.49. The molecule has 0 aliphatic carbocycles. The van der Waals surface area contributed by atoms with Crippen LogP contribution in [-0.2, 0) is 0 Å². The maximum Gasteiger partial charge on any atom is 0.175 e. The summed E-state index contributed by atoms with van der Waals surface area (Å²) in [6.07, 6.45) is 4.03. The first kappa shape index (κ1) is 13.1. The Balaban J connectivity index is 2.25. The summed E-state index contributed by atoms with van der Waals surface area (Å²) < 4.78 is 11.2. The Labute approximate surface area is 114 Å². The highest BCUT2D eigenvalue weighted by Gasteiger charge is 2.17. The van der Waals surface area contributed by atoms with Crippen molar-refractivity contribution in [3.05, 3.63) is 46.6 Å². The first-order valence-electron chi connectivity index (χ1n) is 5.60. The van der Waals surface area contributed by atoms with Crippen LogP contribution in [0.5, 0.6) is 5.75 Å². The van der Waals surface area contributed by atoms with E-state index in [0.717, 1.165) is 0 Å². The van der Waals surface area contributed by atoms with E-state index < -0.39 is 6.10 Å². The van der Waals surface area contributed by atoms with Crippen LogP contribution in [0.4, 0.5) is 0 Å². The van der Waals surface area contributed by atoms with Crippen LogP contribution < -0.4 is 4.74 Å². The summed E-state index contributed by atoms with van der Waals surface area (Å²) in [5.74, 6) is 0.640. The lowest BCUT2D eigenvalue weighted by Crippen LogP contribution is -2.07. The lowest BCUT2D eigenvalue weighted by atomic mass is 10.1. The third-order valence-electron chi connectivity index (χ3n) is 2.36. The van der Waals surface area contributed by atoms with Gasteiger partial charge in [0, 0.05) is 17.3 Å². The van der Waals surface area contributed by atoms with E-state index in [9.17, 15) is 5.11 Å². The number of hydrogen-bond acceptors (Lipinski definition) is 4. The van der Waals surface area contributed by atoms with Crippen LogP contribution in [-0.4, -0.2) is 16.2 Å². The SMILES string of the molecule is CC(C)Oc1cncc(C(O)c2ccoc2Br)c1. The summed E-state index contributed by atoms with van der Waals surface area (Å²) in [5.41, 5.74) is 1.33. The average Bonchev–Trinajstić information content (AvgIpc) is 2.74. The smallest absolute Gasteiger partial charge is 0.175 e. The zero-order valence-corrected chi connectivity index (χ0v) is 11.7. The molecule has 2 aromatic rings. The second-order valence-corrected chi connectivity index (χ2v) is 4.89. The topological polar surface area (TPSA) is 55.5 Å². The number of rotatable bonds is 4. The molecule has 2 rings (SSSR count). The van der Waals surface area contributed by atoms with Gasteiger partial charge >= 0.3 is 0 Å². The van der Waals surface area contributed by atoms with Gasteiger partial charge in [0.25, 0.3) is 0 Å². The summed E-state index contributed by atoms with van der Waals surface area (Å²) in [7, 11) is 0. The molecule has 0 aromatic carbocycles. The predicted molar refractivity (Wildman–Crippen MR) is 70.5 cm³/mol. The molecule has 0 aliphatic heterocycles. The molecule has 0 fully saturated rings. The van der Waals surface area contributed by atoms with E-state index in [0.29, 0.717) is 21.5 Å². The molecule has 0 saturated heterocycles. The maximum absolute atomic E-state index is 10.2. The highest BCUT2D eigenvalue weighted by molar-refractivity contribution is 9.10. The normalized spacial score (nSPS) is 12.7. The monoisotopic (exact) mass is 311 g/mol. The van der Waals surface area contributed by atoms with E-state index in [2.05, 4.69) is 20.9 Å². The third-order valence-corrected chi connectivity index (χ3v) is 3.01. The zero-order valence-electron chi connectivity index (χ0n) is 10.1. The molecule has 18 heavy (non-hydrogen) atoms. The third kappa shape index (κ3) is 2.91. The number of ether oxygens (including phenoxy) is 1. The minimum absolute atomic E-state index is 0.0693. The van der Waals surface area contributed by atoms with Crippen LogP contribution in [0, 0.1) is 0 Å². The van der Waals surface area contributed by atoms with Crippen LogP contribution in [0.2, 0.25) is 0 Å². The second kappa shape index (κ2) is 5.54. The summed E-state index contributed by atoms with van der Waals surface area (Å²) in [6.45, 7) is 3.88. The van der Waals surface area contributed by atoms with E-state index in [1.807, 2.05) is 13.8 Å². The van der Waals surface area contributed by atoms with Gasteiger partial charge in [-0.15, -0.1) is 0 Å². The van der Waals surface area contributed by atoms with Crippen molar-refractivity contribution >= 4 is 15.9 Å². The maximum atomic E-state index is 10.2. The molecule has 0 saturated carbocycles. The molecule has 0 amide bonds. The van der Waals surface area contributed by atoms with Crippen molar-refractivity contribution in [2.24, 2.45) is 0 Å². The van der Waals surface area contributed by atoms with E-state index in [4.69, 9.17) is 9.15 Å². The van der Waals surface area contributed by atoms with Crippen LogP contribution in [0.1, 0.15) is 31.1 Å². The van der Waals surface area contributed by atoms with Gasteiger partial charge in [-0.05, 0) is 41.9 Å². The zero-order chi connectivity index (χ0) is 13.1. The molecule has 1 unspecified atom stereocenters. The van der Waals surface area contributed by atoms with Gasteiger partial charge in [-0.2, -0.15) is 0 Å². The number of hydrogen-bond donors (Lipinski definition) is 1. The highest BCUT2D eigenvalue weighted by Crippen LogP contribution is 2.30. The lowest BCUT2D eigenvalue weighted by Gasteiger charge is -2.13. The molecule has 5 heteroatoms. The van der Waals surface area contributed by atoms with E-state index in [1.54, 1.807) is 24.5 Å². The van der Waals surface area contributed by atoms with Crippen molar-refractivity contribution in [2.75, 3.05) is 0 Å². The van der Waals surface area contributed by atoms with Crippen LogP contribution in [0.3, 0.4) is 0 Å². The molecular weight excluding hydrogens is 298 g/mol. The van der Waals surface area contributed by atoms with Crippen LogP contribution >= 0.6 is 15.9 Å². The number of aliphatic hydroxyl groups excluding tert-OH is 1. The van der Waals surface area contributed by atoms with Gasteiger partial charge in [0.2, 0.25) is 0 Å². The van der Waals surface area contributed by atoms with Gasteiger partial charge in [0.15, 0.2) is 4.67 Å². The van der Waals surface area contributed by atoms with Crippen molar-refractivity contribution in [2.45, 2.75) is 26.1 Å². The van der Waals surface area contributed by atoms with Crippen LogP contribution in [0.15, 0.2) is 39.9 Å². The number of nitrogens with zero attached hydrogens (tertiary/aromatic N) is 1. The Morgan fingerprint density at radius 3 is 2.78 bits per heavy atom. The Morgan fingerprint density at radius 1 is 1.39 bits per heavy atom. The Morgan fingerprint density at radius 2 is 2.17 bits per heavy atom. The summed E-state index contributed by atoms with van der Waals surface area (Å²) in [5, 5.41) is 10.2. The fourth-order valence-electron chi connectivity index (χ4n) is 1.60. The molecule has 1 atom stereocenters. The molecule has 96 valence electrons. The lowest BCUT2D eigenvalue weighted by molar-refractivity contribution is 0.213. The van der Waals surface area contributed by atoms with Gasteiger partial charge in [-0.25, -0.2) is 0 Å². The number of halogens is 1. The minimum atomic E-state index is -0.790. The van der Waals surface area contributed by atoms with Gasteiger partial charge in [0.05, 0.1) is 18.6 Å². The van der Waals surface area contributed by atoms with Gasteiger partial charge in [-0.3, -0.25) is 4.98 Å². The number of pyridine rings is 1.